The molecule has 1 saturated heterocycles. The van der Waals surface area contributed by atoms with Gasteiger partial charge in [-0.15, -0.1) is 11.3 Å². The van der Waals surface area contributed by atoms with E-state index >= 15 is 0 Å². The van der Waals surface area contributed by atoms with Gasteiger partial charge in [-0.1, -0.05) is 0 Å². The molecule has 6 rings (SSSR count). The van der Waals surface area contributed by atoms with E-state index in [0.717, 1.165) is 91.5 Å². The van der Waals surface area contributed by atoms with Crippen molar-refractivity contribution in [3.63, 3.8) is 0 Å². The Balaban J connectivity index is 1.20. The minimum absolute atomic E-state index is 0.0490. The van der Waals surface area contributed by atoms with Crippen molar-refractivity contribution in [2.45, 2.75) is 19.3 Å². The summed E-state index contributed by atoms with van der Waals surface area (Å²) in [4.78, 5) is 33.9. The zero-order valence-corrected chi connectivity index (χ0v) is 24.0. The Morgan fingerprint density at radius 1 is 1.15 bits per heavy atom. The summed E-state index contributed by atoms with van der Waals surface area (Å²) in [7, 11) is 8.27. The van der Waals surface area contributed by atoms with E-state index in [1.807, 2.05) is 30.9 Å². The first-order valence-electron chi connectivity index (χ1n) is 13.7. The molecule has 0 saturated carbocycles. The molecule has 1 aliphatic carbocycles. The second kappa shape index (κ2) is 10.7. The fourth-order valence-electron chi connectivity index (χ4n) is 5.75. The van der Waals surface area contributed by atoms with E-state index in [1.165, 1.54) is 10.4 Å². The van der Waals surface area contributed by atoms with E-state index in [4.69, 9.17) is 0 Å². The zero-order chi connectivity index (χ0) is 27.1. The Hall–Kier alpha value is -3.28. The highest BCUT2D eigenvalue weighted by Gasteiger charge is 2.33. The number of piperazine rings is 1. The predicted molar refractivity (Wildman–Crippen MR) is 157 cm³/mol. The number of likely N-dealkylation sites (N-methyl/N-ethyl adjacent to an activating group) is 1. The predicted octanol–water partition coefficient (Wildman–Crippen LogP) is 2.96. The third-order valence-electron chi connectivity index (χ3n) is 7.99. The lowest BCUT2D eigenvalue weighted by atomic mass is 9.86. The van der Waals surface area contributed by atoms with Gasteiger partial charge in [0.25, 0.3) is 0 Å². The zero-order valence-electron chi connectivity index (χ0n) is 23.2. The number of amides is 1. The Morgan fingerprint density at radius 3 is 2.74 bits per heavy atom. The van der Waals surface area contributed by atoms with Crippen molar-refractivity contribution < 1.29 is 4.79 Å². The van der Waals surface area contributed by atoms with E-state index < -0.39 is 0 Å². The first-order chi connectivity index (χ1) is 18.9. The van der Waals surface area contributed by atoms with Gasteiger partial charge in [-0.2, -0.15) is 5.10 Å². The molecule has 1 N–H and O–H groups in total. The van der Waals surface area contributed by atoms with Crippen LogP contribution in [0.4, 0.5) is 17.2 Å². The average molecular weight is 548 g/mol. The molecule has 5 heterocycles. The number of aromatic nitrogens is 4. The summed E-state index contributed by atoms with van der Waals surface area (Å²) >= 11 is 1.72. The van der Waals surface area contributed by atoms with Crippen LogP contribution >= 0.6 is 11.3 Å². The van der Waals surface area contributed by atoms with Gasteiger partial charge in [0.05, 0.1) is 28.5 Å². The van der Waals surface area contributed by atoms with Crippen LogP contribution in [0.2, 0.25) is 0 Å². The van der Waals surface area contributed by atoms with E-state index in [9.17, 15) is 4.79 Å². The lowest BCUT2D eigenvalue weighted by Gasteiger charge is -2.37. The minimum Gasteiger partial charge on any atom is -0.375 e. The number of pyridine rings is 1. The Kier molecular flexibility index (Phi) is 7.13. The Labute approximate surface area is 233 Å². The molecule has 2 aliphatic rings. The van der Waals surface area contributed by atoms with Crippen LogP contribution in [0.5, 0.6) is 0 Å². The van der Waals surface area contributed by atoms with Crippen LogP contribution in [-0.4, -0.2) is 108 Å². The number of thiophene rings is 1. The third-order valence-corrected chi connectivity index (χ3v) is 9.15. The van der Waals surface area contributed by atoms with E-state index in [1.54, 1.807) is 23.9 Å². The van der Waals surface area contributed by atoms with Crippen LogP contribution < -0.4 is 10.2 Å². The number of aryl methyl sites for hydroxylation is 1. The molecular weight excluding hydrogens is 510 g/mol. The van der Waals surface area contributed by atoms with Crippen molar-refractivity contribution in [2.75, 3.05) is 77.7 Å². The molecule has 11 heteroatoms. The number of hydrogen-bond acceptors (Lipinski definition) is 9. The molecule has 1 fully saturated rings. The van der Waals surface area contributed by atoms with Gasteiger partial charge in [0.2, 0.25) is 5.91 Å². The highest BCUT2D eigenvalue weighted by atomic mass is 32.1. The van der Waals surface area contributed by atoms with Crippen molar-refractivity contribution in [1.29, 1.82) is 0 Å². The topological polar surface area (TPSA) is 85.1 Å². The van der Waals surface area contributed by atoms with Gasteiger partial charge >= 0.3 is 0 Å². The number of carbonyl (C=O) groups is 1. The van der Waals surface area contributed by atoms with Crippen molar-refractivity contribution in [3.8, 4) is 0 Å². The Bertz CT molecular complexity index is 1490. The molecule has 1 aliphatic heterocycles. The number of rotatable bonds is 7. The standard InChI is InChI=1S/C28H37N9OS/c1-33(2)9-10-35-11-13-36(14-12-35)28(38)19-5-6-21-24(15-19)39-27-25(21)26(29-18-30-27)32-22-16-20-7-8-31-37(20)17-23(22)34(3)4/h7-8,16-19H,5-6,9-15H2,1-4H3,(H,29,30,32)/t19-/m0/s1. The van der Waals surface area contributed by atoms with Crippen LogP contribution in [0.15, 0.2) is 30.9 Å². The minimum atomic E-state index is 0.0490. The smallest absolute Gasteiger partial charge is 0.226 e. The molecule has 0 unspecified atom stereocenters. The lowest BCUT2D eigenvalue weighted by molar-refractivity contribution is -0.137. The second-order valence-corrected chi connectivity index (χ2v) is 12.2. The summed E-state index contributed by atoms with van der Waals surface area (Å²) in [5, 5.41) is 9.09. The Morgan fingerprint density at radius 2 is 1.97 bits per heavy atom. The molecular formula is C28H37N9OS. The van der Waals surface area contributed by atoms with Gasteiger partial charge in [0, 0.05) is 70.4 Å². The van der Waals surface area contributed by atoms with Crippen molar-refractivity contribution in [1.82, 2.24) is 34.3 Å². The van der Waals surface area contributed by atoms with Gasteiger partial charge in [0.15, 0.2) is 0 Å². The maximum Gasteiger partial charge on any atom is 0.226 e. The van der Waals surface area contributed by atoms with Crippen molar-refractivity contribution in [2.24, 2.45) is 5.92 Å². The highest BCUT2D eigenvalue weighted by Crippen LogP contribution is 2.41. The molecule has 0 spiro atoms. The summed E-state index contributed by atoms with van der Waals surface area (Å²) in [6.45, 7) is 5.71. The molecule has 39 heavy (non-hydrogen) atoms. The molecule has 4 aromatic heterocycles. The van der Waals surface area contributed by atoms with Crippen molar-refractivity contribution >= 4 is 50.2 Å². The summed E-state index contributed by atoms with van der Waals surface area (Å²) in [6, 6.07) is 4.09. The number of anilines is 3. The van der Waals surface area contributed by atoms with Crippen molar-refractivity contribution in [3.05, 3.63) is 41.3 Å². The fraction of sp³-hybridized carbons (Fsp3) is 0.500. The van der Waals surface area contributed by atoms with Crippen LogP contribution in [0, 0.1) is 5.92 Å². The maximum atomic E-state index is 13.5. The van der Waals surface area contributed by atoms with E-state index in [0.29, 0.717) is 5.91 Å². The summed E-state index contributed by atoms with van der Waals surface area (Å²) in [5.74, 6) is 1.19. The molecule has 10 nitrogen and oxygen atoms in total. The molecule has 206 valence electrons. The lowest BCUT2D eigenvalue weighted by Crippen LogP contribution is -2.51. The maximum absolute atomic E-state index is 13.5. The van der Waals surface area contributed by atoms with Gasteiger partial charge in [-0.25, -0.2) is 14.5 Å². The summed E-state index contributed by atoms with van der Waals surface area (Å²) in [5.41, 5.74) is 4.31. The molecule has 4 aromatic rings. The van der Waals surface area contributed by atoms with Crippen LogP contribution in [0.3, 0.4) is 0 Å². The van der Waals surface area contributed by atoms with Crippen LogP contribution in [0.1, 0.15) is 16.9 Å². The van der Waals surface area contributed by atoms with Crippen LogP contribution in [0.25, 0.3) is 15.7 Å². The van der Waals surface area contributed by atoms with Gasteiger partial charge in [-0.05, 0) is 51.1 Å². The highest BCUT2D eigenvalue weighted by molar-refractivity contribution is 7.19. The number of fused-ring (bicyclic) bond motifs is 4. The molecule has 1 atom stereocenters. The SMILES string of the molecule is CN(C)CCN1CCN(C(=O)[C@H]2CCc3c(sc4ncnc(Nc5cc6ccnn6cc5N(C)C)c34)C2)CC1. The number of carbonyl (C=O) groups excluding carboxylic acids is 1. The largest absolute Gasteiger partial charge is 0.375 e. The fourth-order valence-corrected chi connectivity index (χ4v) is 7.01. The summed E-state index contributed by atoms with van der Waals surface area (Å²) in [6.07, 6.45) is 8.01. The monoisotopic (exact) mass is 547 g/mol. The van der Waals surface area contributed by atoms with Crippen LogP contribution in [-0.2, 0) is 17.6 Å². The second-order valence-electron chi connectivity index (χ2n) is 11.1. The first kappa shape index (κ1) is 26.0. The molecule has 1 amide bonds. The quantitative estimate of drug-likeness (QED) is 0.378. The number of nitrogens with zero attached hydrogens (tertiary/aromatic N) is 8. The average Bonchev–Trinajstić information content (AvgIpc) is 3.55. The summed E-state index contributed by atoms with van der Waals surface area (Å²) < 4.78 is 1.88. The number of nitrogens with one attached hydrogen (secondary N) is 1. The molecule has 0 radical (unpaired) electrons. The van der Waals surface area contributed by atoms with E-state index in [-0.39, 0.29) is 5.92 Å². The van der Waals surface area contributed by atoms with Gasteiger partial charge in [0.1, 0.15) is 17.0 Å². The molecule has 0 aromatic carbocycles. The first-order valence-corrected chi connectivity index (χ1v) is 14.5. The number of hydrogen-bond donors (Lipinski definition) is 1. The van der Waals surface area contributed by atoms with Gasteiger partial charge < -0.3 is 20.0 Å². The molecule has 0 bridgehead atoms. The van der Waals surface area contributed by atoms with E-state index in [2.05, 4.69) is 60.1 Å². The normalized spacial score (nSPS) is 18.2. The van der Waals surface area contributed by atoms with Gasteiger partial charge in [-0.3, -0.25) is 9.69 Å². The third kappa shape index (κ3) is 5.18.